The maximum absolute atomic E-state index is 13.4. The Morgan fingerprint density at radius 3 is 1.71 bits per heavy atom. The Bertz CT molecular complexity index is 730. The monoisotopic (exact) mass is 389 g/mol. The Kier molecular flexibility index (Phi) is 6.72. The van der Waals surface area contributed by atoms with Crippen LogP contribution in [0.15, 0.2) is 48.5 Å². The summed E-state index contributed by atoms with van der Waals surface area (Å²) in [5, 5.41) is 9.19. The van der Waals surface area contributed by atoms with Gasteiger partial charge in [0.05, 0.1) is 12.1 Å². The van der Waals surface area contributed by atoms with Gasteiger partial charge < -0.3 is 10.8 Å². The molecule has 0 saturated carbocycles. The molecule has 3 N–H and O–H groups in total. The second kappa shape index (κ2) is 9.23. The van der Waals surface area contributed by atoms with Gasteiger partial charge in [-0.05, 0) is 41.8 Å². The van der Waals surface area contributed by atoms with Crippen molar-refractivity contribution in [2.45, 2.75) is 18.5 Å². The summed E-state index contributed by atoms with van der Waals surface area (Å²) >= 11 is 0. The van der Waals surface area contributed by atoms with E-state index in [1.807, 2.05) is 4.90 Å². The molecule has 0 bridgehead atoms. The van der Waals surface area contributed by atoms with Gasteiger partial charge in [0.15, 0.2) is 0 Å². The van der Waals surface area contributed by atoms with E-state index < -0.39 is 11.9 Å². The molecule has 1 aliphatic rings. The number of rotatable bonds is 7. The van der Waals surface area contributed by atoms with Crippen LogP contribution in [0.25, 0.3) is 0 Å². The van der Waals surface area contributed by atoms with E-state index in [2.05, 4.69) is 4.90 Å². The van der Waals surface area contributed by atoms with Crippen molar-refractivity contribution < 1.29 is 18.7 Å². The van der Waals surface area contributed by atoms with Gasteiger partial charge in [0.2, 0.25) is 5.91 Å². The summed E-state index contributed by atoms with van der Waals surface area (Å²) in [6.07, 6.45) is 0.314. The molecule has 7 heteroatoms. The quantitative estimate of drug-likeness (QED) is 0.759. The molecule has 1 atom stereocenters. The van der Waals surface area contributed by atoms with Gasteiger partial charge in [-0.25, -0.2) is 8.78 Å². The summed E-state index contributed by atoms with van der Waals surface area (Å²) in [6.45, 7) is 2.46. The highest BCUT2D eigenvalue weighted by Gasteiger charge is 2.31. The number of nitrogens with two attached hydrogens (primary N) is 1. The standard InChI is InChI=1S/C21H25F2N3O2/c22-17-5-1-15(2-6-17)20(16-3-7-18(23)8-4-16)26-12-10-25(11-13-26)19(9-14-27)21(24)28/h1-8,19-20,27H,9-14H2,(H2,24,28). The molecule has 2 aromatic rings. The minimum absolute atomic E-state index is 0.0956. The molecule has 0 radical (unpaired) electrons. The Hall–Kier alpha value is -2.35. The Morgan fingerprint density at radius 1 is 0.893 bits per heavy atom. The lowest BCUT2D eigenvalue weighted by Crippen LogP contribution is -2.55. The van der Waals surface area contributed by atoms with E-state index in [0.29, 0.717) is 32.6 Å². The summed E-state index contributed by atoms with van der Waals surface area (Å²) < 4.78 is 26.8. The van der Waals surface area contributed by atoms with Gasteiger partial charge in [-0.2, -0.15) is 0 Å². The van der Waals surface area contributed by atoms with E-state index in [4.69, 9.17) is 5.73 Å². The number of benzene rings is 2. The highest BCUT2D eigenvalue weighted by molar-refractivity contribution is 5.79. The maximum atomic E-state index is 13.4. The van der Waals surface area contributed by atoms with Crippen LogP contribution in [0.3, 0.4) is 0 Å². The van der Waals surface area contributed by atoms with Crippen molar-refractivity contribution in [3.8, 4) is 0 Å². The molecule has 0 aliphatic carbocycles. The number of hydrogen-bond donors (Lipinski definition) is 2. The molecule has 1 unspecified atom stereocenters. The minimum Gasteiger partial charge on any atom is -0.396 e. The SMILES string of the molecule is NC(=O)C(CCO)N1CCN(C(c2ccc(F)cc2)c2ccc(F)cc2)CC1. The number of nitrogens with zero attached hydrogens (tertiary/aromatic N) is 2. The third-order valence-electron chi connectivity index (χ3n) is 5.26. The topological polar surface area (TPSA) is 69.8 Å². The predicted octanol–water partition coefficient (Wildman–Crippen LogP) is 1.91. The number of halogens is 2. The van der Waals surface area contributed by atoms with Crippen LogP contribution in [-0.2, 0) is 4.79 Å². The average molecular weight is 389 g/mol. The van der Waals surface area contributed by atoms with E-state index in [1.54, 1.807) is 24.3 Å². The van der Waals surface area contributed by atoms with Gasteiger partial charge in [0.25, 0.3) is 0 Å². The van der Waals surface area contributed by atoms with Gasteiger partial charge in [-0.1, -0.05) is 24.3 Å². The molecule has 1 saturated heterocycles. The first-order valence-corrected chi connectivity index (χ1v) is 9.39. The number of carbonyl (C=O) groups is 1. The second-order valence-corrected chi connectivity index (χ2v) is 7.01. The zero-order valence-electron chi connectivity index (χ0n) is 15.6. The van der Waals surface area contributed by atoms with Crippen molar-refractivity contribution in [2.75, 3.05) is 32.8 Å². The smallest absolute Gasteiger partial charge is 0.234 e. The highest BCUT2D eigenvalue weighted by Crippen LogP contribution is 2.30. The van der Waals surface area contributed by atoms with Crippen molar-refractivity contribution in [1.29, 1.82) is 0 Å². The molecule has 0 aromatic heterocycles. The molecule has 0 spiro atoms. The molecule has 28 heavy (non-hydrogen) atoms. The van der Waals surface area contributed by atoms with E-state index in [9.17, 15) is 18.7 Å². The largest absolute Gasteiger partial charge is 0.396 e. The van der Waals surface area contributed by atoms with E-state index in [-0.39, 0.29) is 24.3 Å². The van der Waals surface area contributed by atoms with Gasteiger partial charge in [-0.15, -0.1) is 0 Å². The molecular formula is C21H25F2N3O2. The number of piperazine rings is 1. The van der Waals surface area contributed by atoms with Crippen LogP contribution >= 0.6 is 0 Å². The Labute approximate surface area is 163 Å². The number of amides is 1. The highest BCUT2D eigenvalue weighted by atomic mass is 19.1. The lowest BCUT2D eigenvalue weighted by Gasteiger charge is -2.41. The van der Waals surface area contributed by atoms with Crippen molar-refractivity contribution >= 4 is 5.91 Å². The first-order valence-electron chi connectivity index (χ1n) is 9.39. The van der Waals surface area contributed by atoms with Crippen molar-refractivity contribution in [2.24, 2.45) is 5.73 Å². The number of aliphatic hydroxyl groups is 1. The molecule has 1 heterocycles. The number of hydrogen-bond acceptors (Lipinski definition) is 4. The second-order valence-electron chi connectivity index (χ2n) is 7.01. The van der Waals surface area contributed by atoms with Crippen LogP contribution in [0.4, 0.5) is 8.78 Å². The van der Waals surface area contributed by atoms with Crippen LogP contribution in [0.1, 0.15) is 23.6 Å². The molecule has 1 fully saturated rings. The first kappa shape index (κ1) is 20.4. The van der Waals surface area contributed by atoms with Gasteiger partial charge in [0, 0.05) is 32.8 Å². The molecular weight excluding hydrogens is 364 g/mol. The molecule has 1 aliphatic heterocycles. The number of carbonyl (C=O) groups excluding carboxylic acids is 1. The molecule has 2 aromatic carbocycles. The minimum atomic E-state index is -0.484. The fraction of sp³-hybridized carbons (Fsp3) is 0.381. The van der Waals surface area contributed by atoms with Crippen LogP contribution in [0.2, 0.25) is 0 Å². The summed E-state index contributed by atoms with van der Waals surface area (Å²) in [6, 6.07) is 12.0. The molecule has 150 valence electrons. The zero-order valence-corrected chi connectivity index (χ0v) is 15.6. The molecule has 5 nitrogen and oxygen atoms in total. The average Bonchev–Trinajstić information content (AvgIpc) is 2.70. The summed E-state index contributed by atoms with van der Waals surface area (Å²) in [5.41, 5.74) is 7.32. The van der Waals surface area contributed by atoms with Crippen molar-refractivity contribution in [1.82, 2.24) is 9.80 Å². The fourth-order valence-corrected chi connectivity index (χ4v) is 3.84. The lowest BCUT2D eigenvalue weighted by atomic mass is 9.96. The number of aliphatic hydroxyl groups excluding tert-OH is 1. The third-order valence-corrected chi connectivity index (χ3v) is 5.26. The van der Waals surface area contributed by atoms with Crippen molar-refractivity contribution in [3.63, 3.8) is 0 Å². The van der Waals surface area contributed by atoms with Crippen molar-refractivity contribution in [3.05, 3.63) is 71.3 Å². The lowest BCUT2D eigenvalue weighted by molar-refractivity contribution is -0.124. The summed E-state index contributed by atoms with van der Waals surface area (Å²) in [4.78, 5) is 15.9. The van der Waals surface area contributed by atoms with Crippen LogP contribution in [-0.4, -0.2) is 59.6 Å². The zero-order chi connectivity index (χ0) is 20.1. The maximum Gasteiger partial charge on any atom is 0.234 e. The third kappa shape index (κ3) is 4.73. The molecule has 1 amide bonds. The summed E-state index contributed by atoms with van der Waals surface area (Å²) in [7, 11) is 0. The van der Waals surface area contributed by atoms with Crippen LogP contribution in [0, 0.1) is 11.6 Å². The van der Waals surface area contributed by atoms with Gasteiger partial charge in [0.1, 0.15) is 11.6 Å². The van der Waals surface area contributed by atoms with E-state index in [1.165, 1.54) is 24.3 Å². The van der Waals surface area contributed by atoms with E-state index in [0.717, 1.165) is 11.1 Å². The predicted molar refractivity (Wildman–Crippen MR) is 102 cm³/mol. The normalized spacial score (nSPS) is 17.0. The molecule has 3 rings (SSSR count). The van der Waals surface area contributed by atoms with Gasteiger partial charge >= 0.3 is 0 Å². The van der Waals surface area contributed by atoms with Crippen LogP contribution < -0.4 is 5.73 Å². The first-order chi connectivity index (χ1) is 13.5. The van der Waals surface area contributed by atoms with Crippen LogP contribution in [0.5, 0.6) is 0 Å². The Balaban J connectivity index is 1.81. The van der Waals surface area contributed by atoms with Gasteiger partial charge in [-0.3, -0.25) is 14.6 Å². The van der Waals surface area contributed by atoms with E-state index >= 15 is 0 Å². The Morgan fingerprint density at radius 2 is 1.32 bits per heavy atom. The fourth-order valence-electron chi connectivity index (χ4n) is 3.84. The number of primary amides is 1. The summed E-state index contributed by atoms with van der Waals surface area (Å²) in [5.74, 6) is -1.05.